The molecule has 13 heavy (non-hydrogen) atoms. The Morgan fingerprint density at radius 1 is 1.62 bits per heavy atom. The predicted octanol–water partition coefficient (Wildman–Crippen LogP) is 0.171. The Kier molecular flexibility index (Phi) is 4.21. The number of halogens is 1. The molecule has 0 aromatic carbocycles. The molecule has 0 rings (SSSR count). The molecule has 0 unspecified atom stereocenters. The summed E-state index contributed by atoms with van der Waals surface area (Å²) in [7, 11) is 0. The Labute approximate surface area is 75.5 Å². The van der Waals surface area contributed by atoms with Gasteiger partial charge in [-0.05, 0) is 6.20 Å². The Hall–Kier alpha value is -1.85. The van der Waals surface area contributed by atoms with Gasteiger partial charge in [0.1, 0.15) is 11.5 Å². The second kappa shape index (κ2) is 4.91. The molecule has 0 aliphatic rings. The standard InChI is InChI=1S/C7H12FN5/c1-3-12-7(13-4(2)8)5(9)6(10)11/h3,12H,1,9H2,2H3,(H3,10,11)/b7-5+,13-4?. The molecule has 0 atom stereocenters. The summed E-state index contributed by atoms with van der Waals surface area (Å²) in [5.74, 6) is -1.09. The van der Waals surface area contributed by atoms with E-state index in [1.54, 1.807) is 0 Å². The van der Waals surface area contributed by atoms with Crippen LogP contribution in [0.2, 0.25) is 0 Å². The zero-order chi connectivity index (χ0) is 10.4. The largest absolute Gasteiger partial charge is 0.393 e. The van der Waals surface area contributed by atoms with E-state index in [0.717, 1.165) is 6.92 Å². The van der Waals surface area contributed by atoms with E-state index in [-0.39, 0.29) is 17.4 Å². The van der Waals surface area contributed by atoms with E-state index >= 15 is 0 Å². The van der Waals surface area contributed by atoms with Crippen molar-refractivity contribution >= 4 is 11.8 Å². The van der Waals surface area contributed by atoms with Crippen molar-refractivity contribution in [2.75, 3.05) is 0 Å². The average molecular weight is 185 g/mol. The number of rotatable bonds is 4. The highest BCUT2D eigenvalue weighted by Crippen LogP contribution is 1.98. The minimum Gasteiger partial charge on any atom is -0.393 e. The molecule has 0 fully saturated rings. The van der Waals surface area contributed by atoms with Gasteiger partial charge in [-0.1, -0.05) is 6.58 Å². The molecule has 0 radical (unpaired) electrons. The van der Waals surface area contributed by atoms with Crippen molar-refractivity contribution in [3.8, 4) is 0 Å². The molecular weight excluding hydrogens is 173 g/mol. The summed E-state index contributed by atoms with van der Waals surface area (Å²) in [4.78, 5) is 3.39. The molecule has 72 valence electrons. The number of nitrogens with zero attached hydrogens (tertiary/aromatic N) is 1. The number of aliphatic imine (C=N–C) groups is 1. The number of nitrogens with one attached hydrogen (secondary N) is 2. The summed E-state index contributed by atoms with van der Waals surface area (Å²) in [5, 5.41) is 9.45. The summed E-state index contributed by atoms with van der Waals surface area (Å²) in [6.45, 7) is 4.50. The van der Waals surface area contributed by atoms with Crippen molar-refractivity contribution in [3.05, 3.63) is 24.3 Å². The normalized spacial score (nSPS) is 13.2. The van der Waals surface area contributed by atoms with Gasteiger partial charge in [-0.3, -0.25) is 5.41 Å². The van der Waals surface area contributed by atoms with Gasteiger partial charge in [-0.15, -0.1) is 0 Å². The minimum absolute atomic E-state index is 0.0255. The van der Waals surface area contributed by atoms with E-state index in [1.807, 2.05) is 0 Å². The van der Waals surface area contributed by atoms with Crippen LogP contribution in [0.5, 0.6) is 0 Å². The van der Waals surface area contributed by atoms with Crippen LogP contribution in [-0.4, -0.2) is 11.8 Å². The highest BCUT2D eigenvalue weighted by Gasteiger charge is 2.03. The molecule has 0 saturated carbocycles. The third-order valence-corrected chi connectivity index (χ3v) is 1.05. The molecule has 6 N–H and O–H groups in total. The molecule has 0 aromatic rings. The summed E-state index contributed by atoms with van der Waals surface area (Å²) >= 11 is 0. The molecule has 0 bridgehead atoms. The molecule has 0 amide bonds. The van der Waals surface area contributed by atoms with Crippen LogP contribution in [0.15, 0.2) is 29.3 Å². The van der Waals surface area contributed by atoms with Gasteiger partial charge in [0.2, 0.25) is 0 Å². The fourth-order valence-electron chi connectivity index (χ4n) is 0.549. The van der Waals surface area contributed by atoms with E-state index in [0.29, 0.717) is 0 Å². The first-order chi connectivity index (χ1) is 5.99. The van der Waals surface area contributed by atoms with Crippen molar-refractivity contribution in [1.82, 2.24) is 5.32 Å². The molecule has 0 aromatic heterocycles. The molecule has 0 spiro atoms. The molecular formula is C7H12FN5. The third kappa shape index (κ3) is 3.90. The predicted molar refractivity (Wildman–Crippen MR) is 50.7 cm³/mol. The fraction of sp³-hybridized carbons (Fsp3) is 0.143. The summed E-state index contributed by atoms with van der Waals surface area (Å²) in [5.41, 5.74) is 10.3. The first kappa shape index (κ1) is 11.2. The highest BCUT2D eigenvalue weighted by atomic mass is 19.1. The Morgan fingerprint density at radius 3 is 2.46 bits per heavy atom. The lowest BCUT2D eigenvalue weighted by Gasteiger charge is -2.05. The van der Waals surface area contributed by atoms with Gasteiger partial charge in [0.15, 0.2) is 11.8 Å². The summed E-state index contributed by atoms with van der Waals surface area (Å²) in [6, 6.07) is 0. The zero-order valence-electron chi connectivity index (χ0n) is 7.26. The van der Waals surface area contributed by atoms with Gasteiger partial charge in [-0.25, -0.2) is 4.99 Å². The molecule has 0 aliphatic carbocycles. The number of hydrogen-bond acceptors (Lipinski definition) is 4. The fourth-order valence-corrected chi connectivity index (χ4v) is 0.549. The van der Waals surface area contributed by atoms with Gasteiger partial charge in [-0.2, -0.15) is 4.39 Å². The Bertz CT molecular complexity index is 275. The van der Waals surface area contributed by atoms with E-state index in [1.165, 1.54) is 6.20 Å². The van der Waals surface area contributed by atoms with Gasteiger partial charge in [0, 0.05) is 6.92 Å². The van der Waals surface area contributed by atoms with Crippen molar-refractivity contribution in [1.29, 1.82) is 5.41 Å². The van der Waals surface area contributed by atoms with Crippen molar-refractivity contribution < 1.29 is 4.39 Å². The van der Waals surface area contributed by atoms with Crippen LogP contribution < -0.4 is 16.8 Å². The van der Waals surface area contributed by atoms with Gasteiger partial charge in [0.25, 0.3) is 0 Å². The van der Waals surface area contributed by atoms with E-state index < -0.39 is 5.97 Å². The van der Waals surface area contributed by atoms with Crippen LogP contribution in [0.3, 0.4) is 0 Å². The maximum atomic E-state index is 12.4. The highest BCUT2D eigenvalue weighted by molar-refractivity contribution is 5.94. The first-order valence-corrected chi connectivity index (χ1v) is 3.41. The van der Waals surface area contributed by atoms with Crippen LogP contribution in [0, 0.1) is 5.41 Å². The monoisotopic (exact) mass is 185 g/mol. The zero-order valence-corrected chi connectivity index (χ0v) is 7.26. The lowest BCUT2D eigenvalue weighted by molar-refractivity contribution is 0.787. The second-order valence-electron chi connectivity index (χ2n) is 2.13. The summed E-state index contributed by atoms with van der Waals surface area (Å²) < 4.78 is 12.4. The second-order valence-corrected chi connectivity index (χ2v) is 2.13. The maximum absolute atomic E-state index is 12.4. The molecule has 5 nitrogen and oxygen atoms in total. The van der Waals surface area contributed by atoms with Crippen molar-refractivity contribution in [2.45, 2.75) is 6.92 Å². The topological polar surface area (TPSA) is 100 Å². The smallest absolute Gasteiger partial charge is 0.187 e. The van der Waals surface area contributed by atoms with E-state index in [2.05, 4.69) is 16.9 Å². The Balaban J connectivity index is 4.99. The van der Waals surface area contributed by atoms with Crippen molar-refractivity contribution in [3.63, 3.8) is 0 Å². The van der Waals surface area contributed by atoms with E-state index in [4.69, 9.17) is 16.9 Å². The lowest BCUT2D eigenvalue weighted by atomic mass is 10.4. The molecule has 6 heteroatoms. The molecule has 0 saturated heterocycles. The number of hydrogen-bond donors (Lipinski definition) is 4. The SMILES string of the molecule is C=CN/C(N=C(C)F)=C(\N)C(=N)N. The lowest BCUT2D eigenvalue weighted by Crippen LogP contribution is -2.24. The van der Waals surface area contributed by atoms with Gasteiger partial charge in [0.05, 0.1) is 0 Å². The Morgan fingerprint density at radius 2 is 2.15 bits per heavy atom. The van der Waals surface area contributed by atoms with Crippen LogP contribution in [0.4, 0.5) is 4.39 Å². The van der Waals surface area contributed by atoms with Crippen molar-refractivity contribution in [2.24, 2.45) is 16.5 Å². The summed E-state index contributed by atoms with van der Waals surface area (Å²) in [6.07, 6.45) is 1.26. The van der Waals surface area contributed by atoms with Crippen LogP contribution in [0.1, 0.15) is 6.92 Å². The van der Waals surface area contributed by atoms with Crippen LogP contribution >= 0.6 is 0 Å². The number of nitrogens with two attached hydrogens (primary N) is 2. The average Bonchev–Trinajstić information content (AvgIpc) is 2.01. The quantitative estimate of drug-likeness (QED) is 0.371. The number of amidine groups is 1. The molecule has 0 heterocycles. The van der Waals surface area contributed by atoms with Gasteiger partial charge >= 0.3 is 0 Å². The minimum atomic E-state index is -0.687. The maximum Gasteiger partial charge on any atom is 0.187 e. The first-order valence-electron chi connectivity index (χ1n) is 3.41. The van der Waals surface area contributed by atoms with Gasteiger partial charge < -0.3 is 16.8 Å². The third-order valence-electron chi connectivity index (χ3n) is 1.05. The molecule has 0 aliphatic heterocycles. The van der Waals surface area contributed by atoms with Crippen LogP contribution in [0.25, 0.3) is 0 Å². The van der Waals surface area contributed by atoms with E-state index in [9.17, 15) is 4.39 Å². The van der Waals surface area contributed by atoms with Crippen LogP contribution in [-0.2, 0) is 0 Å².